The van der Waals surface area contributed by atoms with E-state index in [-0.39, 0.29) is 12.1 Å². The molecular formula is C13H15BrClN5O. The highest BCUT2D eigenvalue weighted by Crippen LogP contribution is 2.28. The van der Waals surface area contributed by atoms with E-state index in [0.717, 1.165) is 10.2 Å². The SMILES string of the molecule is CNc1nc(Nc2cc(Cl)ccc2Br)nc(OC(C)C)n1. The van der Waals surface area contributed by atoms with Crippen LogP contribution in [0, 0.1) is 0 Å². The van der Waals surface area contributed by atoms with Crippen molar-refractivity contribution in [2.75, 3.05) is 17.7 Å². The van der Waals surface area contributed by atoms with Crippen LogP contribution in [0.2, 0.25) is 5.02 Å². The van der Waals surface area contributed by atoms with Gasteiger partial charge >= 0.3 is 6.01 Å². The average molecular weight is 373 g/mol. The summed E-state index contributed by atoms with van der Waals surface area (Å²) in [6.07, 6.45) is -0.0251. The molecule has 21 heavy (non-hydrogen) atoms. The van der Waals surface area contributed by atoms with Gasteiger partial charge < -0.3 is 15.4 Å². The van der Waals surface area contributed by atoms with Gasteiger partial charge in [0.25, 0.3) is 0 Å². The van der Waals surface area contributed by atoms with Crippen LogP contribution in [0.3, 0.4) is 0 Å². The molecule has 0 radical (unpaired) electrons. The van der Waals surface area contributed by atoms with Crippen LogP contribution in [0.15, 0.2) is 22.7 Å². The molecule has 0 fully saturated rings. The molecule has 0 spiro atoms. The van der Waals surface area contributed by atoms with Gasteiger partial charge in [-0.25, -0.2) is 0 Å². The summed E-state index contributed by atoms with van der Waals surface area (Å²) in [5, 5.41) is 6.57. The molecule has 2 N–H and O–H groups in total. The third-order valence-corrected chi connectivity index (χ3v) is 3.28. The predicted molar refractivity (Wildman–Crippen MR) is 87.6 cm³/mol. The normalized spacial score (nSPS) is 10.6. The maximum Gasteiger partial charge on any atom is 0.323 e. The smallest absolute Gasteiger partial charge is 0.323 e. The van der Waals surface area contributed by atoms with E-state index in [2.05, 4.69) is 41.5 Å². The summed E-state index contributed by atoms with van der Waals surface area (Å²) in [4.78, 5) is 12.6. The molecular weight excluding hydrogens is 358 g/mol. The monoisotopic (exact) mass is 371 g/mol. The third kappa shape index (κ3) is 4.44. The van der Waals surface area contributed by atoms with Crippen molar-refractivity contribution in [3.8, 4) is 6.01 Å². The van der Waals surface area contributed by atoms with Crippen LogP contribution >= 0.6 is 27.5 Å². The number of halogens is 2. The molecule has 0 unspecified atom stereocenters. The molecule has 0 amide bonds. The maximum atomic E-state index is 5.99. The van der Waals surface area contributed by atoms with Crippen molar-refractivity contribution < 1.29 is 4.74 Å². The Morgan fingerprint density at radius 2 is 1.90 bits per heavy atom. The molecule has 8 heteroatoms. The Hall–Kier alpha value is -1.60. The molecule has 1 aromatic heterocycles. The number of ether oxygens (including phenoxy) is 1. The van der Waals surface area contributed by atoms with Crippen molar-refractivity contribution in [2.45, 2.75) is 20.0 Å². The lowest BCUT2D eigenvalue weighted by Crippen LogP contribution is -2.12. The lowest BCUT2D eigenvalue weighted by molar-refractivity contribution is 0.222. The molecule has 0 atom stereocenters. The fourth-order valence-corrected chi connectivity index (χ4v) is 2.02. The molecule has 1 heterocycles. The molecule has 2 aromatic rings. The van der Waals surface area contributed by atoms with Gasteiger partial charge in [-0.05, 0) is 48.0 Å². The van der Waals surface area contributed by atoms with Gasteiger partial charge in [0, 0.05) is 16.5 Å². The molecule has 2 rings (SSSR count). The fraction of sp³-hybridized carbons (Fsp3) is 0.308. The predicted octanol–water partition coefficient (Wildman–Crippen LogP) is 3.86. The van der Waals surface area contributed by atoms with E-state index in [9.17, 15) is 0 Å². The van der Waals surface area contributed by atoms with E-state index in [1.54, 1.807) is 19.2 Å². The molecule has 0 saturated carbocycles. The number of nitrogens with one attached hydrogen (secondary N) is 2. The maximum absolute atomic E-state index is 5.99. The van der Waals surface area contributed by atoms with E-state index >= 15 is 0 Å². The van der Waals surface area contributed by atoms with E-state index in [0.29, 0.717) is 16.9 Å². The van der Waals surface area contributed by atoms with Gasteiger partial charge in [-0.3, -0.25) is 0 Å². The van der Waals surface area contributed by atoms with Crippen LogP contribution in [0.1, 0.15) is 13.8 Å². The molecule has 0 aliphatic heterocycles. The van der Waals surface area contributed by atoms with E-state index < -0.39 is 0 Å². The lowest BCUT2D eigenvalue weighted by atomic mass is 10.3. The van der Waals surface area contributed by atoms with Crippen LogP contribution < -0.4 is 15.4 Å². The van der Waals surface area contributed by atoms with Crippen molar-refractivity contribution >= 4 is 45.1 Å². The summed E-state index contributed by atoms with van der Waals surface area (Å²) < 4.78 is 6.36. The topological polar surface area (TPSA) is 72.0 Å². The quantitative estimate of drug-likeness (QED) is 0.830. The first kappa shape index (κ1) is 15.8. The first-order valence-corrected chi connectivity index (χ1v) is 7.47. The molecule has 0 saturated heterocycles. The first-order valence-electron chi connectivity index (χ1n) is 6.30. The Morgan fingerprint density at radius 3 is 2.57 bits per heavy atom. The molecule has 0 aliphatic rings. The zero-order chi connectivity index (χ0) is 15.4. The van der Waals surface area contributed by atoms with Crippen LogP contribution in [0.5, 0.6) is 6.01 Å². The van der Waals surface area contributed by atoms with E-state index in [1.807, 2.05) is 19.9 Å². The Labute approximate surface area is 136 Å². The summed E-state index contributed by atoms with van der Waals surface area (Å²) in [5.74, 6) is 0.786. The molecule has 1 aromatic carbocycles. The number of hydrogen-bond donors (Lipinski definition) is 2. The van der Waals surface area contributed by atoms with Gasteiger partial charge in [-0.1, -0.05) is 11.6 Å². The Morgan fingerprint density at radius 1 is 1.19 bits per heavy atom. The van der Waals surface area contributed by atoms with Crippen LogP contribution in [0.4, 0.5) is 17.6 Å². The second kappa shape index (κ2) is 6.91. The second-order valence-corrected chi connectivity index (χ2v) is 5.72. The lowest BCUT2D eigenvalue weighted by Gasteiger charge is -2.12. The summed E-state index contributed by atoms with van der Waals surface area (Å²) in [5.41, 5.74) is 0.756. The third-order valence-electron chi connectivity index (χ3n) is 2.35. The highest BCUT2D eigenvalue weighted by atomic mass is 79.9. The molecule has 0 bridgehead atoms. The van der Waals surface area contributed by atoms with Crippen molar-refractivity contribution in [3.63, 3.8) is 0 Å². The minimum absolute atomic E-state index is 0.0251. The largest absolute Gasteiger partial charge is 0.461 e. The van der Waals surface area contributed by atoms with E-state index in [1.165, 1.54) is 0 Å². The first-order chi connectivity index (χ1) is 9.97. The van der Waals surface area contributed by atoms with Gasteiger partial charge in [0.2, 0.25) is 11.9 Å². The number of benzene rings is 1. The summed E-state index contributed by atoms with van der Waals surface area (Å²) in [6, 6.07) is 5.66. The summed E-state index contributed by atoms with van der Waals surface area (Å²) >= 11 is 9.43. The van der Waals surface area contributed by atoms with Crippen LogP contribution in [-0.4, -0.2) is 28.1 Å². The standard InChI is InChI=1S/C13H15BrClN5O/c1-7(2)21-13-19-11(16-3)18-12(20-13)17-10-6-8(15)4-5-9(10)14/h4-7H,1-3H3,(H2,16,17,18,19,20). The van der Waals surface area contributed by atoms with Gasteiger partial charge in [-0.15, -0.1) is 0 Å². The number of hydrogen-bond acceptors (Lipinski definition) is 6. The van der Waals surface area contributed by atoms with Gasteiger partial charge in [-0.2, -0.15) is 15.0 Å². The summed E-state index contributed by atoms with van der Waals surface area (Å²) in [7, 11) is 1.73. The second-order valence-electron chi connectivity index (χ2n) is 4.43. The van der Waals surface area contributed by atoms with Crippen molar-refractivity contribution in [2.24, 2.45) is 0 Å². The van der Waals surface area contributed by atoms with Crippen molar-refractivity contribution in [1.82, 2.24) is 15.0 Å². The molecule has 112 valence electrons. The highest BCUT2D eigenvalue weighted by molar-refractivity contribution is 9.10. The Balaban J connectivity index is 2.32. The fourth-order valence-electron chi connectivity index (χ4n) is 1.50. The minimum atomic E-state index is -0.0251. The van der Waals surface area contributed by atoms with Crippen LogP contribution in [0.25, 0.3) is 0 Å². The number of aromatic nitrogens is 3. The number of nitrogens with zero attached hydrogens (tertiary/aromatic N) is 3. The zero-order valence-electron chi connectivity index (χ0n) is 11.8. The van der Waals surface area contributed by atoms with Crippen LogP contribution in [-0.2, 0) is 0 Å². The Bertz CT molecular complexity index is 638. The highest BCUT2D eigenvalue weighted by Gasteiger charge is 2.10. The zero-order valence-corrected chi connectivity index (χ0v) is 14.2. The van der Waals surface area contributed by atoms with E-state index in [4.69, 9.17) is 16.3 Å². The average Bonchev–Trinajstić information content (AvgIpc) is 2.42. The Kier molecular flexibility index (Phi) is 5.19. The minimum Gasteiger partial charge on any atom is -0.461 e. The van der Waals surface area contributed by atoms with Gasteiger partial charge in [0.05, 0.1) is 11.8 Å². The van der Waals surface area contributed by atoms with Crippen molar-refractivity contribution in [1.29, 1.82) is 0 Å². The van der Waals surface area contributed by atoms with Gasteiger partial charge in [0.1, 0.15) is 0 Å². The van der Waals surface area contributed by atoms with Crippen molar-refractivity contribution in [3.05, 3.63) is 27.7 Å². The summed E-state index contributed by atoms with van der Waals surface area (Å²) in [6.45, 7) is 3.81. The van der Waals surface area contributed by atoms with Gasteiger partial charge in [0.15, 0.2) is 0 Å². The number of rotatable bonds is 5. The molecule has 0 aliphatic carbocycles. The molecule has 6 nitrogen and oxygen atoms in total. The number of anilines is 3.